The highest BCUT2D eigenvalue weighted by Gasteiger charge is 2.21. The Morgan fingerprint density at radius 1 is 0.929 bits per heavy atom. The van der Waals surface area contributed by atoms with E-state index in [-0.39, 0.29) is 11.8 Å². The van der Waals surface area contributed by atoms with Gasteiger partial charge in [-0.2, -0.15) is 0 Å². The second-order valence-electron chi connectivity index (χ2n) is 7.14. The summed E-state index contributed by atoms with van der Waals surface area (Å²) in [7, 11) is 0. The summed E-state index contributed by atoms with van der Waals surface area (Å²) in [5.74, 6) is -0.392. The van der Waals surface area contributed by atoms with Gasteiger partial charge >= 0.3 is 0 Å². The minimum absolute atomic E-state index is 0.120. The first-order valence-electron chi connectivity index (χ1n) is 9.67. The molecule has 1 N–H and O–H groups in total. The molecule has 0 aromatic heterocycles. The van der Waals surface area contributed by atoms with Crippen LogP contribution in [0.1, 0.15) is 47.2 Å². The topological polar surface area (TPSA) is 49.4 Å². The van der Waals surface area contributed by atoms with Crippen molar-refractivity contribution >= 4 is 33.8 Å². The van der Waals surface area contributed by atoms with Crippen LogP contribution in [0.25, 0.3) is 6.08 Å². The Balaban J connectivity index is 1.86. The van der Waals surface area contributed by atoms with E-state index in [9.17, 15) is 9.59 Å². The van der Waals surface area contributed by atoms with Crippen LogP contribution in [0, 0.1) is 6.92 Å². The van der Waals surface area contributed by atoms with Gasteiger partial charge in [0, 0.05) is 23.1 Å². The first kappa shape index (κ1) is 20.3. The predicted molar refractivity (Wildman–Crippen MR) is 116 cm³/mol. The monoisotopic (exact) mass is 440 g/mol. The predicted octanol–water partition coefficient (Wildman–Crippen LogP) is 4.93. The van der Waals surface area contributed by atoms with Crippen molar-refractivity contribution in [1.82, 2.24) is 10.2 Å². The van der Waals surface area contributed by atoms with Crippen molar-refractivity contribution in [2.24, 2.45) is 0 Å². The lowest BCUT2D eigenvalue weighted by atomic mass is 10.1. The van der Waals surface area contributed by atoms with Gasteiger partial charge in [-0.15, -0.1) is 0 Å². The van der Waals surface area contributed by atoms with Crippen LogP contribution >= 0.6 is 15.9 Å². The highest BCUT2D eigenvalue weighted by molar-refractivity contribution is 9.10. The van der Waals surface area contributed by atoms with Gasteiger partial charge in [0.15, 0.2) is 0 Å². The third kappa shape index (κ3) is 5.55. The zero-order valence-corrected chi connectivity index (χ0v) is 17.7. The van der Waals surface area contributed by atoms with Crippen molar-refractivity contribution in [3.63, 3.8) is 0 Å². The number of carbonyl (C=O) groups is 2. The molecule has 4 nitrogen and oxygen atoms in total. The molecule has 1 fully saturated rings. The van der Waals surface area contributed by atoms with Crippen molar-refractivity contribution in [3.8, 4) is 0 Å². The Bertz CT molecular complexity index is 849. The average molecular weight is 441 g/mol. The highest BCUT2D eigenvalue weighted by Crippen LogP contribution is 2.16. The Morgan fingerprint density at radius 2 is 1.54 bits per heavy atom. The van der Waals surface area contributed by atoms with Crippen LogP contribution in [0.15, 0.2) is 58.7 Å². The second kappa shape index (κ2) is 9.69. The first-order valence-corrected chi connectivity index (χ1v) is 10.5. The Morgan fingerprint density at radius 3 is 2.14 bits per heavy atom. The summed E-state index contributed by atoms with van der Waals surface area (Å²) in [6.45, 7) is 3.44. The molecule has 2 amide bonds. The van der Waals surface area contributed by atoms with Gasteiger partial charge in [-0.1, -0.05) is 58.6 Å². The number of carbonyl (C=O) groups excluding carboxylic acids is 2. The molecule has 1 saturated heterocycles. The zero-order valence-electron chi connectivity index (χ0n) is 16.1. The molecule has 1 aliphatic heterocycles. The molecule has 2 aromatic rings. The SMILES string of the molecule is Cc1ccc(C(=O)N/C(=C/c2ccc(Br)cc2)C(=O)N2CCCCCC2)cc1. The normalized spacial score (nSPS) is 15.1. The zero-order chi connectivity index (χ0) is 19.9. The van der Waals surface area contributed by atoms with E-state index in [4.69, 9.17) is 0 Å². The van der Waals surface area contributed by atoms with Crippen LogP contribution in [0.4, 0.5) is 0 Å². The summed E-state index contributed by atoms with van der Waals surface area (Å²) in [5, 5.41) is 2.85. The number of amides is 2. The summed E-state index contributed by atoms with van der Waals surface area (Å²) >= 11 is 3.42. The van der Waals surface area contributed by atoms with E-state index < -0.39 is 0 Å². The number of likely N-dealkylation sites (tertiary alicyclic amines) is 1. The number of nitrogens with zero attached hydrogens (tertiary/aromatic N) is 1. The summed E-state index contributed by atoms with van der Waals surface area (Å²) in [5.41, 5.74) is 2.80. The maximum absolute atomic E-state index is 13.2. The number of rotatable bonds is 4. The minimum atomic E-state index is -0.272. The van der Waals surface area contributed by atoms with E-state index in [0.29, 0.717) is 11.3 Å². The maximum Gasteiger partial charge on any atom is 0.270 e. The average Bonchev–Trinajstić information content (AvgIpc) is 2.98. The molecule has 0 spiro atoms. The molecular formula is C23H25BrN2O2. The van der Waals surface area contributed by atoms with Crippen LogP contribution in [0.5, 0.6) is 0 Å². The smallest absolute Gasteiger partial charge is 0.270 e. The van der Waals surface area contributed by atoms with E-state index >= 15 is 0 Å². The fourth-order valence-corrected chi connectivity index (χ4v) is 3.48. The number of nitrogens with one attached hydrogen (secondary N) is 1. The molecule has 146 valence electrons. The molecule has 0 bridgehead atoms. The Labute approximate surface area is 174 Å². The van der Waals surface area contributed by atoms with E-state index in [1.54, 1.807) is 18.2 Å². The molecule has 5 heteroatoms. The molecule has 28 heavy (non-hydrogen) atoms. The van der Waals surface area contributed by atoms with Gasteiger partial charge in [-0.3, -0.25) is 9.59 Å². The van der Waals surface area contributed by atoms with Gasteiger partial charge in [0.2, 0.25) is 0 Å². The van der Waals surface area contributed by atoms with Crippen molar-refractivity contribution in [2.45, 2.75) is 32.6 Å². The van der Waals surface area contributed by atoms with Crippen LogP contribution in [0.3, 0.4) is 0 Å². The number of hydrogen-bond donors (Lipinski definition) is 1. The van der Waals surface area contributed by atoms with Gasteiger partial charge in [0.1, 0.15) is 5.70 Å². The Hall–Kier alpha value is -2.40. The highest BCUT2D eigenvalue weighted by atomic mass is 79.9. The molecule has 1 heterocycles. The number of hydrogen-bond acceptors (Lipinski definition) is 2. The van der Waals surface area contributed by atoms with Crippen LogP contribution in [0.2, 0.25) is 0 Å². The van der Waals surface area contributed by atoms with E-state index in [1.165, 1.54) is 0 Å². The van der Waals surface area contributed by atoms with Crippen LogP contribution in [-0.2, 0) is 4.79 Å². The molecule has 1 aliphatic rings. The quantitative estimate of drug-likeness (QED) is 0.684. The molecule has 0 atom stereocenters. The van der Waals surface area contributed by atoms with Gasteiger partial charge in [-0.25, -0.2) is 0 Å². The molecule has 0 radical (unpaired) electrons. The molecule has 3 rings (SSSR count). The molecule has 0 saturated carbocycles. The standard InChI is InChI=1S/C23H25BrN2O2/c1-17-6-10-19(11-7-17)22(27)25-21(16-18-8-12-20(24)13-9-18)23(28)26-14-4-2-3-5-15-26/h6-13,16H,2-5,14-15H2,1H3,(H,25,27)/b21-16+. The lowest BCUT2D eigenvalue weighted by Crippen LogP contribution is -2.39. The molecule has 0 unspecified atom stereocenters. The van der Waals surface area contributed by atoms with Crippen molar-refractivity contribution < 1.29 is 9.59 Å². The summed E-state index contributed by atoms with van der Waals surface area (Å²) in [4.78, 5) is 27.8. The fraction of sp³-hybridized carbons (Fsp3) is 0.304. The lowest BCUT2D eigenvalue weighted by molar-refractivity contribution is -0.127. The van der Waals surface area contributed by atoms with Crippen LogP contribution in [-0.4, -0.2) is 29.8 Å². The van der Waals surface area contributed by atoms with E-state index in [1.807, 2.05) is 48.2 Å². The van der Waals surface area contributed by atoms with Crippen molar-refractivity contribution in [1.29, 1.82) is 0 Å². The van der Waals surface area contributed by atoms with E-state index in [2.05, 4.69) is 21.2 Å². The van der Waals surface area contributed by atoms with Crippen molar-refractivity contribution in [3.05, 3.63) is 75.4 Å². The summed E-state index contributed by atoms with van der Waals surface area (Å²) in [6.07, 6.45) is 6.05. The number of aryl methyl sites for hydroxylation is 1. The molecular weight excluding hydrogens is 416 g/mol. The maximum atomic E-state index is 13.2. The largest absolute Gasteiger partial charge is 0.337 e. The third-order valence-electron chi connectivity index (χ3n) is 4.87. The number of halogens is 1. The van der Waals surface area contributed by atoms with Gasteiger partial charge < -0.3 is 10.2 Å². The summed E-state index contributed by atoms with van der Waals surface area (Å²) < 4.78 is 0.966. The van der Waals surface area contributed by atoms with Gasteiger partial charge in [-0.05, 0) is 55.7 Å². The Kier molecular flexibility index (Phi) is 7.04. The number of benzene rings is 2. The fourth-order valence-electron chi connectivity index (χ4n) is 3.22. The van der Waals surface area contributed by atoms with Crippen LogP contribution < -0.4 is 5.32 Å². The third-order valence-corrected chi connectivity index (χ3v) is 5.40. The van der Waals surface area contributed by atoms with Crippen molar-refractivity contribution in [2.75, 3.05) is 13.1 Å². The molecule has 0 aliphatic carbocycles. The minimum Gasteiger partial charge on any atom is -0.337 e. The summed E-state index contributed by atoms with van der Waals surface area (Å²) in [6, 6.07) is 15.0. The van der Waals surface area contributed by atoms with Gasteiger partial charge in [0.05, 0.1) is 0 Å². The molecule has 2 aromatic carbocycles. The lowest BCUT2D eigenvalue weighted by Gasteiger charge is -2.22. The van der Waals surface area contributed by atoms with Gasteiger partial charge in [0.25, 0.3) is 11.8 Å². The second-order valence-corrected chi connectivity index (χ2v) is 8.05. The first-order chi connectivity index (χ1) is 13.5. The van der Waals surface area contributed by atoms with E-state index in [0.717, 1.165) is 54.4 Å².